The summed E-state index contributed by atoms with van der Waals surface area (Å²) in [7, 11) is 0. The van der Waals surface area contributed by atoms with Crippen molar-refractivity contribution in [3.8, 4) is 0 Å². The molecular weight excluding hydrogens is 192 g/mol. The van der Waals surface area contributed by atoms with Gasteiger partial charge < -0.3 is 15.0 Å². The molecule has 1 aromatic carbocycles. The van der Waals surface area contributed by atoms with Crippen LogP contribution in [0.2, 0.25) is 0 Å². The fraction of sp³-hybridized carbons (Fsp3) is 0.364. The maximum atomic E-state index is 11.7. The van der Waals surface area contributed by atoms with Gasteiger partial charge in [-0.15, -0.1) is 0 Å². The second-order valence-electron chi connectivity index (χ2n) is 3.32. The van der Waals surface area contributed by atoms with Crippen LogP contribution in [0, 0.1) is 6.07 Å². The van der Waals surface area contributed by atoms with Gasteiger partial charge in [0.25, 0.3) is 0 Å². The summed E-state index contributed by atoms with van der Waals surface area (Å²) in [6.07, 6.45) is 0. The van der Waals surface area contributed by atoms with E-state index in [9.17, 15) is 4.79 Å². The summed E-state index contributed by atoms with van der Waals surface area (Å²) in [6, 6.07) is 10.0. The van der Waals surface area contributed by atoms with Crippen molar-refractivity contribution in [3.05, 3.63) is 30.3 Å². The predicted molar refractivity (Wildman–Crippen MR) is 56.7 cm³/mol. The van der Waals surface area contributed by atoms with E-state index in [0.29, 0.717) is 26.3 Å². The van der Waals surface area contributed by atoms with E-state index in [4.69, 9.17) is 4.74 Å². The minimum atomic E-state index is -0.0653. The number of urea groups is 1. The van der Waals surface area contributed by atoms with Gasteiger partial charge in [0.15, 0.2) is 0 Å². The SMILES string of the molecule is O=C(Nc1cc[c]cc1)N1CCOCC1. The maximum absolute atomic E-state index is 11.7. The Morgan fingerprint density at radius 1 is 1.33 bits per heavy atom. The van der Waals surface area contributed by atoms with Gasteiger partial charge in [-0.05, 0) is 18.2 Å². The fourth-order valence-electron chi connectivity index (χ4n) is 1.44. The molecule has 0 aliphatic carbocycles. The first-order valence-electron chi connectivity index (χ1n) is 4.96. The van der Waals surface area contributed by atoms with Gasteiger partial charge in [0.2, 0.25) is 0 Å². The van der Waals surface area contributed by atoms with E-state index in [0.717, 1.165) is 5.69 Å². The van der Waals surface area contributed by atoms with Crippen molar-refractivity contribution >= 4 is 11.7 Å². The summed E-state index contributed by atoms with van der Waals surface area (Å²) in [5.41, 5.74) is 0.797. The second-order valence-corrected chi connectivity index (χ2v) is 3.32. The molecule has 0 spiro atoms. The van der Waals surface area contributed by atoms with E-state index in [-0.39, 0.29) is 6.03 Å². The molecule has 0 saturated carbocycles. The van der Waals surface area contributed by atoms with Gasteiger partial charge in [0, 0.05) is 18.8 Å². The Hall–Kier alpha value is -1.55. The van der Waals surface area contributed by atoms with E-state index in [2.05, 4.69) is 11.4 Å². The van der Waals surface area contributed by atoms with E-state index >= 15 is 0 Å². The quantitative estimate of drug-likeness (QED) is 0.752. The highest BCUT2D eigenvalue weighted by atomic mass is 16.5. The summed E-state index contributed by atoms with van der Waals surface area (Å²) in [5.74, 6) is 0. The van der Waals surface area contributed by atoms with Gasteiger partial charge in [0.05, 0.1) is 13.2 Å². The molecule has 2 amide bonds. The smallest absolute Gasteiger partial charge is 0.321 e. The third-order valence-electron chi connectivity index (χ3n) is 2.27. The molecule has 1 heterocycles. The summed E-state index contributed by atoms with van der Waals surface area (Å²) >= 11 is 0. The number of ether oxygens (including phenoxy) is 1. The Balaban J connectivity index is 1.91. The molecule has 0 atom stereocenters. The van der Waals surface area contributed by atoms with Crippen molar-refractivity contribution in [1.82, 2.24) is 4.90 Å². The third kappa shape index (κ3) is 2.70. The molecule has 1 saturated heterocycles. The van der Waals surface area contributed by atoms with E-state index < -0.39 is 0 Å². The molecule has 1 aromatic rings. The normalized spacial score (nSPS) is 16.1. The molecule has 0 bridgehead atoms. The largest absolute Gasteiger partial charge is 0.378 e. The van der Waals surface area contributed by atoms with Crippen LogP contribution in [-0.2, 0) is 4.74 Å². The Morgan fingerprint density at radius 2 is 2.00 bits per heavy atom. The van der Waals surface area contributed by atoms with Crippen LogP contribution >= 0.6 is 0 Å². The molecule has 1 aliphatic heterocycles. The molecule has 79 valence electrons. The molecule has 4 nitrogen and oxygen atoms in total. The van der Waals surface area contributed by atoms with Gasteiger partial charge in [-0.1, -0.05) is 12.1 Å². The molecule has 0 aromatic heterocycles. The van der Waals surface area contributed by atoms with Crippen molar-refractivity contribution in [1.29, 1.82) is 0 Å². The summed E-state index contributed by atoms with van der Waals surface area (Å²) in [4.78, 5) is 13.5. The second kappa shape index (κ2) is 4.79. The lowest BCUT2D eigenvalue weighted by Crippen LogP contribution is -2.43. The molecule has 0 unspecified atom stereocenters. The number of anilines is 1. The van der Waals surface area contributed by atoms with Gasteiger partial charge in [-0.3, -0.25) is 0 Å². The van der Waals surface area contributed by atoms with Gasteiger partial charge in [0.1, 0.15) is 0 Å². The summed E-state index contributed by atoms with van der Waals surface area (Å²) < 4.78 is 5.17. The minimum Gasteiger partial charge on any atom is -0.378 e. The van der Waals surface area contributed by atoms with Crippen molar-refractivity contribution in [2.24, 2.45) is 0 Å². The number of morpholine rings is 1. The molecule has 1 fully saturated rings. The number of nitrogens with zero attached hydrogens (tertiary/aromatic N) is 1. The Kier molecular flexibility index (Phi) is 3.19. The summed E-state index contributed by atoms with van der Waals surface area (Å²) in [5, 5.41) is 2.82. The molecule has 1 N–H and O–H groups in total. The zero-order valence-corrected chi connectivity index (χ0v) is 8.40. The third-order valence-corrected chi connectivity index (χ3v) is 2.27. The standard InChI is InChI=1S/C11H13N2O2/c14-11(13-6-8-15-9-7-13)12-10-4-2-1-3-5-10/h2-5H,6-9H2,(H,12,14). The van der Waals surface area contributed by atoms with Crippen molar-refractivity contribution in [2.45, 2.75) is 0 Å². The first-order chi connectivity index (χ1) is 7.36. The van der Waals surface area contributed by atoms with Crippen LogP contribution in [-0.4, -0.2) is 37.2 Å². The van der Waals surface area contributed by atoms with Crippen molar-refractivity contribution in [2.75, 3.05) is 31.6 Å². The number of amides is 2. The molecule has 15 heavy (non-hydrogen) atoms. The van der Waals surface area contributed by atoms with Crippen LogP contribution in [0.25, 0.3) is 0 Å². The van der Waals surface area contributed by atoms with Gasteiger partial charge >= 0.3 is 6.03 Å². The highest BCUT2D eigenvalue weighted by Gasteiger charge is 2.16. The number of rotatable bonds is 1. The fourth-order valence-corrected chi connectivity index (χ4v) is 1.44. The molecule has 2 rings (SSSR count). The highest BCUT2D eigenvalue weighted by molar-refractivity contribution is 5.89. The average Bonchev–Trinajstić information content (AvgIpc) is 2.31. The van der Waals surface area contributed by atoms with Gasteiger partial charge in [-0.25, -0.2) is 4.79 Å². The predicted octanol–water partition coefficient (Wildman–Crippen LogP) is 1.35. The topological polar surface area (TPSA) is 41.6 Å². The van der Waals surface area contributed by atoms with Crippen LogP contribution < -0.4 is 5.32 Å². The van der Waals surface area contributed by atoms with E-state index in [1.54, 1.807) is 17.0 Å². The lowest BCUT2D eigenvalue weighted by Gasteiger charge is -2.26. The number of carbonyl (C=O) groups excluding carboxylic acids is 1. The first kappa shape index (κ1) is 9.98. The maximum Gasteiger partial charge on any atom is 0.321 e. The average molecular weight is 205 g/mol. The first-order valence-corrected chi connectivity index (χ1v) is 4.96. The van der Waals surface area contributed by atoms with E-state index in [1.165, 1.54) is 0 Å². The minimum absolute atomic E-state index is 0.0653. The molecule has 4 heteroatoms. The van der Waals surface area contributed by atoms with Gasteiger partial charge in [-0.2, -0.15) is 0 Å². The zero-order valence-electron chi connectivity index (χ0n) is 8.40. The van der Waals surface area contributed by atoms with E-state index in [1.807, 2.05) is 12.1 Å². The van der Waals surface area contributed by atoms with Crippen molar-refractivity contribution in [3.63, 3.8) is 0 Å². The Bertz CT molecular complexity index is 321. The highest BCUT2D eigenvalue weighted by Crippen LogP contribution is 2.07. The van der Waals surface area contributed by atoms with Crippen LogP contribution in [0.4, 0.5) is 10.5 Å². The van der Waals surface area contributed by atoms with Crippen LogP contribution in [0.1, 0.15) is 0 Å². The summed E-state index contributed by atoms with van der Waals surface area (Å²) in [6.45, 7) is 2.56. The van der Waals surface area contributed by atoms with Crippen LogP contribution in [0.5, 0.6) is 0 Å². The molecular formula is C11H13N2O2. The van der Waals surface area contributed by atoms with Crippen LogP contribution in [0.3, 0.4) is 0 Å². The number of benzene rings is 1. The lowest BCUT2D eigenvalue weighted by molar-refractivity contribution is 0.0564. The number of nitrogens with one attached hydrogen (secondary N) is 1. The van der Waals surface area contributed by atoms with Crippen molar-refractivity contribution < 1.29 is 9.53 Å². The number of carbonyl (C=O) groups is 1. The monoisotopic (exact) mass is 205 g/mol. The lowest BCUT2D eigenvalue weighted by atomic mass is 10.3. The number of hydrogen-bond acceptors (Lipinski definition) is 2. The zero-order chi connectivity index (χ0) is 10.5. The molecule has 1 radical (unpaired) electrons. The van der Waals surface area contributed by atoms with Crippen LogP contribution in [0.15, 0.2) is 24.3 Å². The molecule has 1 aliphatic rings. The Morgan fingerprint density at radius 3 is 2.67 bits per heavy atom. The number of hydrogen-bond donors (Lipinski definition) is 1. The Labute approximate surface area is 88.8 Å².